The Balaban J connectivity index is 1.87. The molecule has 1 aliphatic heterocycles. The monoisotopic (exact) mass is 524 g/mol. The largest absolute Gasteiger partial charge is 0.488 e. The van der Waals surface area contributed by atoms with Crippen molar-refractivity contribution in [3.8, 4) is 5.75 Å². The van der Waals surface area contributed by atoms with Crippen molar-refractivity contribution in [2.45, 2.75) is 58.7 Å². The summed E-state index contributed by atoms with van der Waals surface area (Å²) in [5.74, 6) is 0.111. The van der Waals surface area contributed by atoms with E-state index in [0.29, 0.717) is 30.1 Å². The molecule has 0 aromatic heterocycles. The van der Waals surface area contributed by atoms with E-state index >= 15 is 0 Å². The van der Waals surface area contributed by atoms with E-state index in [9.17, 15) is 19.5 Å². The molecular weight excluding hydrogens is 484 g/mol. The molecule has 0 saturated heterocycles. The van der Waals surface area contributed by atoms with Crippen LogP contribution in [-0.2, 0) is 22.4 Å². The molecule has 2 aromatic carbocycles. The maximum atomic E-state index is 13.4. The third-order valence-electron chi connectivity index (χ3n) is 6.62. The maximum Gasteiger partial charge on any atom is 0.317 e. The minimum Gasteiger partial charge on any atom is -0.488 e. The van der Waals surface area contributed by atoms with Crippen LogP contribution in [0.3, 0.4) is 0 Å². The third-order valence-corrected chi connectivity index (χ3v) is 6.62. The zero-order valence-electron chi connectivity index (χ0n) is 22.9. The Morgan fingerprint density at radius 1 is 1.16 bits per heavy atom. The van der Waals surface area contributed by atoms with E-state index in [2.05, 4.69) is 10.6 Å². The van der Waals surface area contributed by atoms with Gasteiger partial charge in [0.2, 0.25) is 11.8 Å². The third kappa shape index (κ3) is 7.95. The molecule has 9 nitrogen and oxygen atoms in total. The summed E-state index contributed by atoms with van der Waals surface area (Å²) in [7, 11) is 1.71. The van der Waals surface area contributed by atoms with E-state index in [-0.39, 0.29) is 55.3 Å². The SMILES string of the molecule is CC(C)NC(=O)N(C)C[C@@H]1Oc2ccc(NC(=O)Cc3ccccc3)cc2CC(=O)N([C@@H](C)CO)C[C@H]1C. The number of hydrogen-bond acceptors (Lipinski definition) is 5. The summed E-state index contributed by atoms with van der Waals surface area (Å²) in [6.45, 7) is 8.11. The molecule has 206 valence electrons. The Hall–Kier alpha value is -3.59. The number of ether oxygens (including phenoxy) is 1. The van der Waals surface area contributed by atoms with Gasteiger partial charge in [-0.1, -0.05) is 37.3 Å². The predicted octanol–water partition coefficient (Wildman–Crippen LogP) is 3.07. The van der Waals surface area contributed by atoms with E-state index in [1.807, 2.05) is 58.0 Å². The number of carbonyl (C=O) groups excluding carboxylic acids is 3. The van der Waals surface area contributed by atoms with E-state index < -0.39 is 6.10 Å². The summed E-state index contributed by atoms with van der Waals surface area (Å²) >= 11 is 0. The summed E-state index contributed by atoms with van der Waals surface area (Å²) in [4.78, 5) is 41.8. The number of amides is 4. The minimum atomic E-state index is -0.408. The van der Waals surface area contributed by atoms with Crippen molar-refractivity contribution in [3.63, 3.8) is 0 Å². The highest BCUT2D eigenvalue weighted by atomic mass is 16.5. The first-order valence-corrected chi connectivity index (χ1v) is 13.1. The summed E-state index contributed by atoms with van der Waals surface area (Å²) < 4.78 is 6.44. The summed E-state index contributed by atoms with van der Waals surface area (Å²) in [5, 5.41) is 15.6. The van der Waals surface area contributed by atoms with Crippen LogP contribution in [0, 0.1) is 5.92 Å². The van der Waals surface area contributed by atoms with E-state index in [1.54, 1.807) is 35.0 Å². The second kappa shape index (κ2) is 13.3. The van der Waals surface area contributed by atoms with E-state index in [1.165, 1.54) is 0 Å². The molecule has 3 N–H and O–H groups in total. The molecule has 0 spiro atoms. The zero-order valence-corrected chi connectivity index (χ0v) is 22.9. The van der Waals surface area contributed by atoms with Crippen molar-refractivity contribution in [1.29, 1.82) is 0 Å². The molecule has 0 saturated carbocycles. The highest BCUT2D eigenvalue weighted by Gasteiger charge is 2.32. The van der Waals surface area contributed by atoms with Crippen LogP contribution in [0.25, 0.3) is 0 Å². The van der Waals surface area contributed by atoms with Crippen LogP contribution < -0.4 is 15.4 Å². The number of aliphatic hydroxyl groups is 1. The number of aliphatic hydroxyl groups excluding tert-OH is 1. The van der Waals surface area contributed by atoms with Crippen LogP contribution >= 0.6 is 0 Å². The van der Waals surface area contributed by atoms with Gasteiger partial charge in [0.05, 0.1) is 32.0 Å². The highest BCUT2D eigenvalue weighted by Crippen LogP contribution is 2.29. The molecule has 0 fully saturated rings. The molecule has 9 heteroatoms. The number of nitrogens with zero attached hydrogens (tertiary/aromatic N) is 2. The highest BCUT2D eigenvalue weighted by molar-refractivity contribution is 5.92. The molecule has 2 aromatic rings. The number of anilines is 1. The molecule has 4 amide bonds. The summed E-state index contributed by atoms with van der Waals surface area (Å²) in [6.07, 6.45) is -0.112. The van der Waals surface area contributed by atoms with Gasteiger partial charge in [0.25, 0.3) is 0 Å². The molecule has 3 atom stereocenters. The standard InChI is InChI=1S/C29H40N4O5/c1-19(2)30-29(37)32(5)17-26-20(3)16-33(21(4)18-34)28(36)15-23-14-24(11-12-25(23)38-26)31-27(35)13-22-9-7-6-8-10-22/h6-12,14,19-21,26,34H,13,15-18H2,1-5H3,(H,30,37)(H,31,35)/t20-,21+,26+/m1/s1. The lowest BCUT2D eigenvalue weighted by Gasteiger charge is -2.34. The van der Waals surface area contributed by atoms with Gasteiger partial charge in [0.1, 0.15) is 11.9 Å². The van der Waals surface area contributed by atoms with Crippen molar-refractivity contribution >= 4 is 23.5 Å². The van der Waals surface area contributed by atoms with Crippen molar-refractivity contribution in [2.24, 2.45) is 5.92 Å². The Morgan fingerprint density at radius 2 is 1.87 bits per heavy atom. The quantitative estimate of drug-likeness (QED) is 0.492. The Kier molecular flexibility index (Phi) is 10.1. The second-order valence-corrected chi connectivity index (χ2v) is 10.4. The van der Waals surface area contributed by atoms with Gasteiger partial charge in [-0.25, -0.2) is 4.79 Å². The van der Waals surface area contributed by atoms with Gasteiger partial charge in [-0.15, -0.1) is 0 Å². The first-order valence-electron chi connectivity index (χ1n) is 13.1. The normalized spacial score (nSPS) is 18.4. The van der Waals surface area contributed by atoms with Gasteiger partial charge in [-0.3, -0.25) is 9.59 Å². The van der Waals surface area contributed by atoms with Crippen LogP contribution in [0.2, 0.25) is 0 Å². The number of likely N-dealkylation sites (N-methyl/N-ethyl adjacent to an activating group) is 1. The Labute approximate surface area is 225 Å². The first kappa shape index (κ1) is 29.0. The van der Waals surface area contributed by atoms with Gasteiger partial charge < -0.3 is 30.3 Å². The lowest BCUT2D eigenvalue weighted by Crippen LogP contribution is -2.49. The Bertz CT molecular complexity index is 1110. The van der Waals surface area contributed by atoms with Crippen molar-refractivity contribution in [3.05, 3.63) is 59.7 Å². The molecule has 0 unspecified atom stereocenters. The average Bonchev–Trinajstić information content (AvgIpc) is 2.91. The fraction of sp³-hybridized carbons (Fsp3) is 0.483. The van der Waals surface area contributed by atoms with Crippen molar-refractivity contribution < 1.29 is 24.2 Å². The van der Waals surface area contributed by atoms with Crippen LogP contribution in [0.5, 0.6) is 5.75 Å². The maximum absolute atomic E-state index is 13.4. The number of urea groups is 1. The van der Waals surface area contributed by atoms with Crippen LogP contribution in [-0.4, -0.2) is 77.7 Å². The molecule has 1 aliphatic rings. The van der Waals surface area contributed by atoms with Gasteiger partial charge in [0, 0.05) is 36.8 Å². The number of rotatable bonds is 8. The van der Waals surface area contributed by atoms with Crippen LogP contribution in [0.4, 0.5) is 10.5 Å². The molecule has 38 heavy (non-hydrogen) atoms. The summed E-state index contributed by atoms with van der Waals surface area (Å²) in [5.41, 5.74) is 2.11. The number of fused-ring (bicyclic) bond motifs is 1. The first-order chi connectivity index (χ1) is 18.1. The smallest absolute Gasteiger partial charge is 0.317 e. The van der Waals surface area contributed by atoms with Gasteiger partial charge >= 0.3 is 6.03 Å². The molecule has 0 radical (unpaired) electrons. The summed E-state index contributed by atoms with van der Waals surface area (Å²) in [6, 6.07) is 14.2. The van der Waals surface area contributed by atoms with E-state index in [4.69, 9.17) is 4.74 Å². The Morgan fingerprint density at radius 3 is 2.53 bits per heavy atom. The van der Waals surface area contributed by atoms with Crippen molar-refractivity contribution in [1.82, 2.24) is 15.1 Å². The lowest BCUT2D eigenvalue weighted by molar-refractivity contribution is -0.134. The molecule has 3 rings (SSSR count). The molecular formula is C29H40N4O5. The zero-order chi connectivity index (χ0) is 27.8. The predicted molar refractivity (Wildman–Crippen MR) is 147 cm³/mol. The minimum absolute atomic E-state index is 0.00131. The number of hydrogen-bond donors (Lipinski definition) is 3. The fourth-order valence-corrected chi connectivity index (χ4v) is 4.42. The van der Waals surface area contributed by atoms with Gasteiger partial charge in [-0.05, 0) is 44.5 Å². The fourth-order valence-electron chi connectivity index (χ4n) is 4.42. The molecule has 0 bridgehead atoms. The van der Waals surface area contributed by atoms with Crippen LogP contribution in [0.1, 0.15) is 38.8 Å². The second-order valence-electron chi connectivity index (χ2n) is 10.4. The van der Waals surface area contributed by atoms with E-state index in [0.717, 1.165) is 5.56 Å². The van der Waals surface area contributed by atoms with Crippen molar-refractivity contribution in [2.75, 3.05) is 32.1 Å². The van der Waals surface area contributed by atoms with Gasteiger partial charge in [0.15, 0.2) is 0 Å². The lowest BCUT2D eigenvalue weighted by atomic mass is 10.0. The van der Waals surface area contributed by atoms with Gasteiger partial charge in [-0.2, -0.15) is 0 Å². The average molecular weight is 525 g/mol. The number of nitrogens with one attached hydrogen (secondary N) is 2. The molecule has 1 heterocycles. The number of benzene rings is 2. The molecule has 0 aliphatic carbocycles. The number of carbonyl (C=O) groups is 3. The van der Waals surface area contributed by atoms with Crippen LogP contribution in [0.15, 0.2) is 48.5 Å². The topological polar surface area (TPSA) is 111 Å².